The molecule has 0 spiro atoms. The molecule has 142 valence electrons. The Morgan fingerprint density at radius 3 is 2.93 bits per heavy atom. The first-order valence-corrected chi connectivity index (χ1v) is 8.71. The lowest BCUT2D eigenvalue weighted by molar-refractivity contribution is 0.0937. The maximum atomic E-state index is 12.4. The SMILES string of the molecule is Cc1ccc(C)c(Cn2nnc3c(=O)[nH]c(C(=O)NCc4ccco4)nc32)c1. The van der Waals surface area contributed by atoms with Crippen LogP contribution in [0.5, 0.6) is 0 Å². The number of aryl methyl sites for hydroxylation is 2. The van der Waals surface area contributed by atoms with Gasteiger partial charge in [0.1, 0.15) is 5.76 Å². The maximum Gasteiger partial charge on any atom is 0.287 e. The third-order valence-corrected chi connectivity index (χ3v) is 4.42. The summed E-state index contributed by atoms with van der Waals surface area (Å²) in [5.41, 5.74) is 3.09. The summed E-state index contributed by atoms with van der Waals surface area (Å²) < 4.78 is 6.70. The molecule has 3 heterocycles. The first-order chi connectivity index (χ1) is 13.5. The van der Waals surface area contributed by atoms with Crippen molar-refractivity contribution in [2.75, 3.05) is 0 Å². The maximum absolute atomic E-state index is 12.4. The number of H-pyrrole nitrogens is 1. The fraction of sp³-hybridized carbons (Fsp3) is 0.211. The van der Waals surface area contributed by atoms with E-state index < -0.39 is 11.5 Å². The van der Waals surface area contributed by atoms with Gasteiger partial charge in [0.25, 0.3) is 11.5 Å². The van der Waals surface area contributed by atoms with Crippen LogP contribution < -0.4 is 10.9 Å². The van der Waals surface area contributed by atoms with Gasteiger partial charge in [0.2, 0.25) is 5.82 Å². The highest BCUT2D eigenvalue weighted by molar-refractivity contribution is 5.91. The highest BCUT2D eigenvalue weighted by Gasteiger charge is 2.17. The van der Waals surface area contributed by atoms with E-state index in [0.29, 0.717) is 12.3 Å². The van der Waals surface area contributed by atoms with Gasteiger partial charge in [0.15, 0.2) is 11.2 Å². The van der Waals surface area contributed by atoms with E-state index in [2.05, 4.69) is 25.6 Å². The number of hydrogen-bond acceptors (Lipinski definition) is 6. The molecule has 28 heavy (non-hydrogen) atoms. The number of nitrogens with one attached hydrogen (secondary N) is 2. The van der Waals surface area contributed by atoms with Gasteiger partial charge in [0, 0.05) is 0 Å². The molecule has 0 unspecified atom stereocenters. The second kappa shape index (κ2) is 7.10. The molecule has 0 radical (unpaired) electrons. The van der Waals surface area contributed by atoms with Crippen LogP contribution in [-0.2, 0) is 13.1 Å². The lowest BCUT2D eigenvalue weighted by Gasteiger charge is -2.08. The number of carbonyl (C=O) groups excluding carboxylic acids is 1. The third kappa shape index (κ3) is 3.41. The number of amides is 1. The summed E-state index contributed by atoms with van der Waals surface area (Å²) in [5.74, 6) is -0.0261. The summed E-state index contributed by atoms with van der Waals surface area (Å²) >= 11 is 0. The molecule has 3 aromatic heterocycles. The Hall–Kier alpha value is -3.75. The third-order valence-electron chi connectivity index (χ3n) is 4.42. The molecule has 4 rings (SSSR count). The summed E-state index contributed by atoms with van der Waals surface area (Å²) in [6.07, 6.45) is 1.52. The topological polar surface area (TPSA) is 119 Å². The van der Waals surface area contributed by atoms with Crippen LogP contribution in [0.3, 0.4) is 0 Å². The molecule has 1 aromatic carbocycles. The number of rotatable bonds is 5. The van der Waals surface area contributed by atoms with Gasteiger partial charge in [-0.3, -0.25) is 9.59 Å². The fourth-order valence-electron chi connectivity index (χ4n) is 2.88. The molecule has 0 atom stereocenters. The number of aromatic nitrogens is 5. The average molecular weight is 378 g/mol. The van der Waals surface area contributed by atoms with Crippen molar-refractivity contribution in [3.05, 3.63) is 75.2 Å². The van der Waals surface area contributed by atoms with Crippen LogP contribution in [0.1, 0.15) is 33.1 Å². The molecule has 0 saturated heterocycles. The lowest BCUT2D eigenvalue weighted by Crippen LogP contribution is -2.27. The molecule has 2 N–H and O–H groups in total. The molecule has 9 nitrogen and oxygen atoms in total. The normalized spacial score (nSPS) is 11.1. The average Bonchev–Trinajstić information content (AvgIpc) is 3.33. The van der Waals surface area contributed by atoms with Crippen LogP contribution >= 0.6 is 0 Å². The molecule has 4 aromatic rings. The van der Waals surface area contributed by atoms with Gasteiger partial charge in [-0.15, -0.1) is 5.10 Å². The Morgan fingerprint density at radius 1 is 1.29 bits per heavy atom. The first-order valence-electron chi connectivity index (χ1n) is 8.71. The number of nitrogens with zero attached hydrogens (tertiary/aromatic N) is 4. The second-order valence-electron chi connectivity index (χ2n) is 6.53. The summed E-state index contributed by atoms with van der Waals surface area (Å²) in [5, 5.41) is 10.6. The zero-order chi connectivity index (χ0) is 19.7. The molecule has 0 aliphatic heterocycles. The van der Waals surface area contributed by atoms with Gasteiger partial charge >= 0.3 is 0 Å². The molecule has 1 amide bonds. The Balaban J connectivity index is 1.65. The van der Waals surface area contributed by atoms with Gasteiger partial charge in [0.05, 0.1) is 19.4 Å². The standard InChI is InChI=1S/C19H18N6O3/c1-11-5-6-12(2)13(8-11)10-25-17-15(23-24-25)18(26)22-16(21-17)19(27)20-9-14-4-3-7-28-14/h3-8H,9-10H2,1-2H3,(H,20,27)(H,21,22,26). The predicted molar refractivity (Wildman–Crippen MR) is 101 cm³/mol. The smallest absolute Gasteiger partial charge is 0.287 e. The summed E-state index contributed by atoms with van der Waals surface area (Å²) in [6, 6.07) is 9.57. The molecule has 0 bridgehead atoms. The number of aromatic amines is 1. The molecule has 0 aliphatic rings. The number of benzene rings is 1. The zero-order valence-electron chi connectivity index (χ0n) is 15.4. The van der Waals surface area contributed by atoms with Crippen LogP contribution in [0.15, 0.2) is 45.8 Å². The van der Waals surface area contributed by atoms with E-state index in [4.69, 9.17) is 4.42 Å². The minimum atomic E-state index is -0.519. The van der Waals surface area contributed by atoms with Crippen molar-refractivity contribution in [3.8, 4) is 0 Å². The van der Waals surface area contributed by atoms with E-state index in [1.54, 1.807) is 12.1 Å². The van der Waals surface area contributed by atoms with Crippen LogP contribution in [0, 0.1) is 13.8 Å². The Labute approximate surface area is 159 Å². The largest absolute Gasteiger partial charge is 0.467 e. The fourth-order valence-corrected chi connectivity index (χ4v) is 2.88. The molecular formula is C19H18N6O3. The van der Waals surface area contributed by atoms with Crippen molar-refractivity contribution in [2.45, 2.75) is 26.9 Å². The second-order valence-corrected chi connectivity index (χ2v) is 6.53. The summed E-state index contributed by atoms with van der Waals surface area (Å²) in [7, 11) is 0. The van der Waals surface area contributed by atoms with Crippen molar-refractivity contribution in [3.63, 3.8) is 0 Å². The van der Waals surface area contributed by atoms with Gasteiger partial charge in [-0.2, -0.15) is 0 Å². The van der Waals surface area contributed by atoms with Crippen molar-refractivity contribution in [1.29, 1.82) is 0 Å². The number of carbonyl (C=O) groups is 1. The van der Waals surface area contributed by atoms with E-state index in [0.717, 1.165) is 16.7 Å². The van der Waals surface area contributed by atoms with Crippen LogP contribution in [0.2, 0.25) is 0 Å². The monoisotopic (exact) mass is 378 g/mol. The highest BCUT2D eigenvalue weighted by atomic mass is 16.3. The van der Waals surface area contributed by atoms with E-state index in [1.807, 2.05) is 32.0 Å². The number of fused-ring (bicyclic) bond motifs is 1. The van der Waals surface area contributed by atoms with Gasteiger partial charge in [-0.1, -0.05) is 29.0 Å². The van der Waals surface area contributed by atoms with Gasteiger partial charge < -0.3 is 14.7 Å². The molecule has 9 heteroatoms. The van der Waals surface area contributed by atoms with Crippen molar-refractivity contribution < 1.29 is 9.21 Å². The predicted octanol–water partition coefficient (Wildman–Crippen LogP) is 1.70. The van der Waals surface area contributed by atoms with Gasteiger partial charge in [-0.05, 0) is 37.1 Å². The molecule has 0 saturated carbocycles. The zero-order valence-corrected chi connectivity index (χ0v) is 15.4. The number of hydrogen-bond donors (Lipinski definition) is 2. The first kappa shape index (κ1) is 17.7. The molecule has 0 fully saturated rings. The van der Waals surface area contributed by atoms with E-state index >= 15 is 0 Å². The summed E-state index contributed by atoms with van der Waals surface area (Å²) in [4.78, 5) is 31.4. The van der Waals surface area contributed by atoms with E-state index in [-0.39, 0.29) is 23.5 Å². The Kier molecular flexibility index (Phi) is 4.48. The van der Waals surface area contributed by atoms with E-state index in [9.17, 15) is 9.59 Å². The Bertz CT molecular complexity index is 1210. The van der Waals surface area contributed by atoms with E-state index in [1.165, 1.54) is 10.9 Å². The molecule has 0 aliphatic carbocycles. The quantitative estimate of drug-likeness (QED) is 0.546. The van der Waals surface area contributed by atoms with Crippen LogP contribution in [-0.4, -0.2) is 30.9 Å². The lowest BCUT2D eigenvalue weighted by atomic mass is 10.1. The number of furan rings is 1. The minimum absolute atomic E-state index is 0.0906. The van der Waals surface area contributed by atoms with Crippen molar-refractivity contribution in [1.82, 2.24) is 30.3 Å². The minimum Gasteiger partial charge on any atom is -0.467 e. The van der Waals surface area contributed by atoms with Crippen molar-refractivity contribution in [2.24, 2.45) is 0 Å². The van der Waals surface area contributed by atoms with Crippen LogP contribution in [0.25, 0.3) is 11.2 Å². The van der Waals surface area contributed by atoms with Crippen LogP contribution in [0.4, 0.5) is 0 Å². The highest BCUT2D eigenvalue weighted by Crippen LogP contribution is 2.14. The summed E-state index contributed by atoms with van der Waals surface area (Å²) in [6.45, 7) is 4.59. The van der Waals surface area contributed by atoms with Gasteiger partial charge in [-0.25, -0.2) is 9.67 Å². The Morgan fingerprint density at radius 2 is 2.14 bits per heavy atom. The van der Waals surface area contributed by atoms with Crippen molar-refractivity contribution >= 4 is 17.1 Å². The molecular weight excluding hydrogens is 360 g/mol.